The van der Waals surface area contributed by atoms with E-state index >= 15 is 0 Å². The second kappa shape index (κ2) is 8.10. The molecule has 0 bridgehead atoms. The van der Waals surface area contributed by atoms with Crippen molar-refractivity contribution in [2.24, 2.45) is 17.6 Å². The molecule has 0 aromatic rings. The first-order valence-electron chi connectivity index (χ1n) is 5.77. The van der Waals surface area contributed by atoms with E-state index in [9.17, 15) is 9.59 Å². The maximum atomic E-state index is 11.6. The highest BCUT2D eigenvalue weighted by atomic mass is 16.4. The lowest BCUT2D eigenvalue weighted by atomic mass is 10.0. The molecule has 0 spiro atoms. The number of carbonyl (C=O) groups excluding carboxylic acids is 1. The number of carboxylic acid groups (broad SMARTS) is 1. The summed E-state index contributed by atoms with van der Waals surface area (Å²) in [5.41, 5.74) is 5.43. The van der Waals surface area contributed by atoms with Crippen LogP contribution in [0.3, 0.4) is 0 Å². The highest BCUT2D eigenvalue weighted by molar-refractivity contribution is 5.79. The van der Waals surface area contributed by atoms with Crippen LogP contribution in [0, 0.1) is 11.8 Å². The predicted molar refractivity (Wildman–Crippen MR) is 61.9 cm³/mol. The van der Waals surface area contributed by atoms with E-state index in [1.54, 1.807) is 0 Å². The van der Waals surface area contributed by atoms with Crippen LogP contribution in [0.4, 0.5) is 0 Å². The first-order valence-corrected chi connectivity index (χ1v) is 5.77. The van der Waals surface area contributed by atoms with Crippen molar-refractivity contribution in [2.75, 3.05) is 13.1 Å². The normalized spacial score (nSPS) is 14.2. The Morgan fingerprint density at radius 2 is 1.94 bits per heavy atom. The smallest absolute Gasteiger partial charge is 0.308 e. The summed E-state index contributed by atoms with van der Waals surface area (Å²) in [5.74, 6) is -1.71. The monoisotopic (exact) mass is 230 g/mol. The third-order valence-corrected chi connectivity index (χ3v) is 2.66. The molecule has 2 unspecified atom stereocenters. The Balaban J connectivity index is 4.09. The van der Waals surface area contributed by atoms with Crippen molar-refractivity contribution < 1.29 is 14.7 Å². The second-order valence-electron chi connectivity index (χ2n) is 3.91. The highest BCUT2D eigenvalue weighted by Gasteiger charge is 2.19. The fourth-order valence-corrected chi connectivity index (χ4v) is 1.49. The summed E-state index contributed by atoms with van der Waals surface area (Å²) in [4.78, 5) is 22.4. The number of carbonyl (C=O) groups is 2. The average Bonchev–Trinajstić information content (AvgIpc) is 2.25. The number of carboxylic acids is 1. The predicted octanol–water partition coefficient (Wildman–Crippen LogP) is 0.588. The molecule has 0 saturated heterocycles. The molecule has 5 heteroatoms. The molecule has 0 aromatic carbocycles. The summed E-state index contributed by atoms with van der Waals surface area (Å²) < 4.78 is 0. The van der Waals surface area contributed by atoms with Crippen molar-refractivity contribution in [3.63, 3.8) is 0 Å². The number of rotatable bonds is 8. The van der Waals surface area contributed by atoms with Gasteiger partial charge in [-0.05, 0) is 12.8 Å². The van der Waals surface area contributed by atoms with E-state index in [2.05, 4.69) is 5.32 Å². The van der Waals surface area contributed by atoms with Crippen molar-refractivity contribution in [1.29, 1.82) is 0 Å². The van der Waals surface area contributed by atoms with E-state index in [0.717, 1.165) is 6.42 Å². The summed E-state index contributed by atoms with van der Waals surface area (Å²) in [6, 6.07) is 0. The van der Waals surface area contributed by atoms with Crippen LogP contribution in [-0.2, 0) is 9.59 Å². The van der Waals surface area contributed by atoms with Gasteiger partial charge in [0.05, 0.1) is 5.92 Å². The van der Waals surface area contributed by atoms with Crippen LogP contribution in [0.1, 0.15) is 33.1 Å². The summed E-state index contributed by atoms with van der Waals surface area (Å²) in [6.07, 6.45) is 2.05. The largest absolute Gasteiger partial charge is 0.481 e. The topological polar surface area (TPSA) is 92.4 Å². The van der Waals surface area contributed by atoms with Crippen LogP contribution < -0.4 is 11.1 Å². The summed E-state index contributed by atoms with van der Waals surface area (Å²) in [7, 11) is 0. The van der Waals surface area contributed by atoms with E-state index in [1.165, 1.54) is 0 Å². The van der Waals surface area contributed by atoms with Crippen LogP contribution in [0.2, 0.25) is 0 Å². The molecule has 0 aliphatic heterocycles. The summed E-state index contributed by atoms with van der Waals surface area (Å²) >= 11 is 0. The molecule has 16 heavy (non-hydrogen) atoms. The standard InChI is InChI=1S/C11H22N2O3/c1-3-5-9(11(15)16)7-13-10(14)8(4-2)6-12/h8-9H,3-7,12H2,1-2H3,(H,13,14)(H,15,16). The minimum absolute atomic E-state index is 0.146. The number of hydrogen-bond donors (Lipinski definition) is 3. The molecule has 0 aliphatic carbocycles. The van der Waals surface area contributed by atoms with E-state index < -0.39 is 11.9 Å². The molecule has 0 heterocycles. The van der Waals surface area contributed by atoms with Crippen molar-refractivity contribution in [2.45, 2.75) is 33.1 Å². The Morgan fingerprint density at radius 1 is 1.31 bits per heavy atom. The van der Waals surface area contributed by atoms with Gasteiger partial charge in [0.15, 0.2) is 0 Å². The molecule has 4 N–H and O–H groups in total. The Hall–Kier alpha value is -1.10. The lowest BCUT2D eigenvalue weighted by molar-refractivity contribution is -0.142. The Morgan fingerprint density at radius 3 is 2.31 bits per heavy atom. The van der Waals surface area contributed by atoms with Crippen LogP contribution >= 0.6 is 0 Å². The number of nitrogens with two attached hydrogens (primary N) is 1. The molecule has 0 radical (unpaired) electrons. The van der Waals surface area contributed by atoms with E-state index in [4.69, 9.17) is 10.8 Å². The Labute approximate surface area is 96.4 Å². The van der Waals surface area contributed by atoms with Crippen molar-refractivity contribution >= 4 is 11.9 Å². The summed E-state index contributed by atoms with van der Waals surface area (Å²) in [5, 5.41) is 11.5. The minimum atomic E-state index is -0.858. The maximum absolute atomic E-state index is 11.6. The van der Waals surface area contributed by atoms with E-state index in [-0.39, 0.29) is 18.4 Å². The van der Waals surface area contributed by atoms with Crippen molar-refractivity contribution in [1.82, 2.24) is 5.32 Å². The molecule has 5 nitrogen and oxygen atoms in total. The second-order valence-corrected chi connectivity index (χ2v) is 3.91. The lowest BCUT2D eigenvalue weighted by Crippen LogP contribution is -2.39. The van der Waals surface area contributed by atoms with Crippen LogP contribution in [0.15, 0.2) is 0 Å². The number of hydrogen-bond acceptors (Lipinski definition) is 3. The molecule has 0 rings (SSSR count). The van der Waals surface area contributed by atoms with Gasteiger partial charge in [0.1, 0.15) is 0 Å². The van der Waals surface area contributed by atoms with Crippen molar-refractivity contribution in [3.05, 3.63) is 0 Å². The van der Waals surface area contributed by atoms with Crippen LogP contribution in [0.5, 0.6) is 0 Å². The molecule has 1 amide bonds. The van der Waals surface area contributed by atoms with Gasteiger partial charge in [-0.3, -0.25) is 9.59 Å². The Bertz CT molecular complexity index is 227. The molecule has 0 fully saturated rings. The zero-order valence-corrected chi connectivity index (χ0v) is 10.0. The number of amides is 1. The van der Waals surface area contributed by atoms with Crippen LogP contribution in [-0.4, -0.2) is 30.1 Å². The first-order chi connectivity index (χ1) is 7.56. The third-order valence-electron chi connectivity index (χ3n) is 2.66. The fourth-order valence-electron chi connectivity index (χ4n) is 1.49. The number of nitrogens with one attached hydrogen (secondary N) is 1. The van der Waals surface area contributed by atoms with Crippen LogP contribution in [0.25, 0.3) is 0 Å². The fraction of sp³-hybridized carbons (Fsp3) is 0.818. The van der Waals surface area contributed by atoms with Gasteiger partial charge in [0.25, 0.3) is 0 Å². The molecule has 0 saturated carbocycles. The molecule has 2 atom stereocenters. The first kappa shape index (κ1) is 14.9. The zero-order chi connectivity index (χ0) is 12.6. The minimum Gasteiger partial charge on any atom is -0.481 e. The quantitative estimate of drug-likeness (QED) is 0.569. The van der Waals surface area contributed by atoms with Gasteiger partial charge in [0.2, 0.25) is 5.91 Å². The summed E-state index contributed by atoms with van der Waals surface area (Å²) in [6.45, 7) is 4.30. The molecule has 94 valence electrons. The number of aliphatic carboxylic acids is 1. The molecule has 0 aliphatic rings. The maximum Gasteiger partial charge on any atom is 0.308 e. The van der Waals surface area contributed by atoms with Gasteiger partial charge in [-0.25, -0.2) is 0 Å². The van der Waals surface area contributed by atoms with Gasteiger partial charge in [-0.15, -0.1) is 0 Å². The molecular weight excluding hydrogens is 208 g/mol. The van der Waals surface area contributed by atoms with Gasteiger partial charge >= 0.3 is 5.97 Å². The SMILES string of the molecule is CCCC(CNC(=O)C(CC)CN)C(=O)O. The van der Waals surface area contributed by atoms with Crippen molar-refractivity contribution in [3.8, 4) is 0 Å². The Kier molecular flexibility index (Phi) is 7.54. The highest BCUT2D eigenvalue weighted by Crippen LogP contribution is 2.06. The van der Waals surface area contributed by atoms with Gasteiger partial charge < -0.3 is 16.2 Å². The zero-order valence-electron chi connectivity index (χ0n) is 10.0. The third kappa shape index (κ3) is 5.11. The van der Waals surface area contributed by atoms with E-state index in [0.29, 0.717) is 19.4 Å². The molecule has 0 aromatic heterocycles. The van der Waals surface area contributed by atoms with E-state index in [1.807, 2.05) is 13.8 Å². The van der Waals surface area contributed by atoms with Gasteiger partial charge in [-0.2, -0.15) is 0 Å². The van der Waals surface area contributed by atoms with Gasteiger partial charge in [0, 0.05) is 19.0 Å². The average molecular weight is 230 g/mol. The lowest BCUT2D eigenvalue weighted by Gasteiger charge is -2.16. The van der Waals surface area contributed by atoms with Gasteiger partial charge in [-0.1, -0.05) is 20.3 Å². The molecular formula is C11H22N2O3.